The lowest BCUT2D eigenvalue weighted by molar-refractivity contribution is -0.144. The summed E-state index contributed by atoms with van der Waals surface area (Å²) in [6.45, 7) is 1.91. The maximum absolute atomic E-state index is 11.7. The van der Waals surface area contributed by atoms with Crippen LogP contribution in [0.3, 0.4) is 0 Å². The molecule has 5 nitrogen and oxygen atoms in total. The highest BCUT2D eigenvalue weighted by molar-refractivity contribution is 6.25. The van der Waals surface area contributed by atoms with E-state index in [9.17, 15) is 9.59 Å². The number of Topliss-reactive ketones (excluding diaryl/α,β-unsaturated/α-hetero) is 1. The van der Waals surface area contributed by atoms with E-state index in [1.54, 1.807) is 19.1 Å². The molecule has 0 aromatic heterocycles. The van der Waals surface area contributed by atoms with Crippen LogP contribution in [0.25, 0.3) is 0 Å². The van der Waals surface area contributed by atoms with Gasteiger partial charge in [0.25, 0.3) is 0 Å². The van der Waals surface area contributed by atoms with Crippen LogP contribution in [-0.4, -0.2) is 29.3 Å². The van der Waals surface area contributed by atoms with E-state index in [0.717, 1.165) is 0 Å². The van der Waals surface area contributed by atoms with Crippen molar-refractivity contribution in [2.45, 2.75) is 19.8 Å². The Morgan fingerprint density at radius 3 is 2.94 bits per heavy atom. The lowest BCUT2D eigenvalue weighted by atomic mass is 9.97. The Bertz CT molecular complexity index is 379. The SMILES string of the molecule is CCOC(=O)CC(=O)C1=CC=CCC1=NO. The highest BCUT2D eigenvalue weighted by Crippen LogP contribution is 2.12. The minimum absolute atomic E-state index is 0.242. The van der Waals surface area contributed by atoms with Crippen molar-refractivity contribution in [3.63, 3.8) is 0 Å². The standard InChI is InChI=1S/C11H13NO4/c1-2-16-11(14)7-10(13)8-5-3-4-6-9(8)12-15/h3-5,15H,2,6-7H2,1H3. The summed E-state index contributed by atoms with van der Waals surface area (Å²) in [7, 11) is 0. The third-order valence-corrected chi connectivity index (χ3v) is 2.05. The summed E-state index contributed by atoms with van der Waals surface area (Å²) in [4.78, 5) is 22.8. The van der Waals surface area contributed by atoms with Crippen LogP contribution in [0.15, 0.2) is 29.0 Å². The first-order valence-corrected chi connectivity index (χ1v) is 4.96. The van der Waals surface area contributed by atoms with Crippen molar-refractivity contribution in [1.82, 2.24) is 0 Å². The van der Waals surface area contributed by atoms with Crippen molar-refractivity contribution in [3.05, 3.63) is 23.8 Å². The fourth-order valence-corrected chi connectivity index (χ4v) is 1.34. The lowest BCUT2D eigenvalue weighted by Gasteiger charge is -2.09. The molecule has 0 atom stereocenters. The van der Waals surface area contributed by atoms with Gasteiger partial charge in [-0.05, 0) is 13.0 Å². The molecule has 0 aliphatic heterocycles. The van der Waals surface area contributed by atoms with Gasteiger partial charge < -0.3 is 9.94 Å². The van der Waals surface area contributed by atoms with E-state index in [0.29, 0.717) is 6.42 Å². The van der Waals surface area contributed by atoms with E-state index in [4.69, 9.17) is 5.21 Å². The second-order valence-corrected chi connectivity index (χ2v) is 3.16. The highest BCUT2D eigenvalue weighted by Gasteiger charge is 2.20. The summed E-state index contributed by atoms with van der Waals surface area (Å²) in [5.41, 5.74) is 0.537. The first-order valence-electron chi connectivity index (χ1n) is 4.96. The van der Waals surface area contributed by atoms with Crippen LogP contribution in [0, 0.1) is 0 Å². The van der Waals surface area contributed by atoms with E-state index in [1.165, 1.54) is 6.08 Å². The number of carbonyl (C=O) groups is 2. The molecule has 5 heteroatoms. The molecular weight excluding hydrogens is 210 g/mol. The van der Waals surface area contributed by atoms with E-state index in [-0.39, 0.29) is 24.3 Å². The molecule has 0 aromatic rings. The molecule has 0 unspecified atom stereocenters. The number of ether oxygens (including phenoxy) is 1. The van der Waals surface area contributed by atoms with Gasteiger partial charge in [0.2, 0.25) is 0 Å². The predicted molar refractivity (Wildman–Crippen MR) is 57.3 cm³/mol. The maximum atomic E-state index is 11.7. The lowest BCUT2D eigenvalue weighted by Crippen LogP contribution is -2.19. The molecule has 1 aliphatic carbocycles. The number of allylic oxidation sites excluding steroid dienone is 4. The topological polar surface area (TPSA) is 76.0 Å². The first kappa shape index (κ1) is 12.2. The third-order valence-electron chi connectivity index (χ3n) is 2.05. The average Bonchev–Trinajstić information content (AvgIpc) is 2.29. The Hall–Kier alpha value is -1.91. The molecular formula is C11H13NO4. The Labute approximate surface area is 93.1 Å². The van der Waals surface area contributed by atoms with Crippen molar-refractivity contribution in [2.24, 2.45) is 5.16 Å². The van der Waals surface area contributed by atoms with Gasteiger partial charge in [0.15, 0.2) is 5.78 Å². The molecule has 0 spiro atoms. The largest absolute Gasteiger partial charge is 0.466 e. The molecule has 0 saturated carbocycles. The van der Waals surface area contributed by atoms with Crippen molar-refractivity contribution in [2.75, 3.05) is 6.61 Å². The van der Waals surface area contributed by atoms with Gasteiger partial charge >= 0.3 is 5.97 Å². The Morgan fingerprint density at radius 1 is 1.56 bits per heavy atom. The van der Waals surface area contributed by atoms with Crippen molar-refractivity contribution in [3.8, 4) is 0 Å². The van der Waals surface area contributed by atoms with E-state index in [1.807, 2.05) is 0 Å². The Balaban J connectivity index is 2.69. The van der Waals surface area contributed by atoms with Gasteiger partial charge in [-0.1, -0.05) is 17.3 Å². The third kappa shape index (κ3) is 3.05. The van der Waals surface area contributed by atoms with Crippen LogP contribution in [0.5, 0.6) is 0 Å². The minimum atomic E-state index is -0.569. The summed E-state index contributed by atoms with van der Waals surface area (Å²) in [6, 6.07) is 0. The van der Waals surface area contributed by atoms with Crippen LogP contribution >= 0.6 is 0 Å². The number of nitrogens with zero attached hydrogens (tertiary/aromatic N) is 1. The molecule has 1 aliphatic rings. The number of esters is 1. The number of hydrogen-bond acceptors (Lipinski definition) is 5. The van der Waals surface area contributed by atoms with Gasteiger partial charge in [0, 0.05) is 12.0 Å². The predicted octanol–water partition coefficient (Wildman–Crippen LogP) is 1.23. The maximum Gasteiger partial charge on any atom is 0.313 e. The zero-order valence-corrected chi connectivity index (χ0v) is 8.97. The van der Waals surface area contributed by atoms with Crippen LogP contribution < -0.4 is 0 Å². The van der Waals surface area contributed by atoms with Crippen molar-refractivity contribution >= 4 is 17.5 Å². The molecule has 1 N–H and O–H groups in total. The molecule has 86 valence electrons. The van der Waals surface area contributed by atoms with Gasteiger partial charge in [-0.2, -0.15) is 0 Å². The zero-order chi connectivity index (χ0) is 12.0. The van der Waals surface area contributed by atoms with Gasteiger partial charge in [-0.3, -0.25) is 9.59 Å². The number of oxime groups is 1. The Morgan fingerprint density at radius 2 is 2.31 bits per heavy atom. The fraction of sp³-hybridized carbons (Fsp3) is 0.364. The molecule has 16 heavy (non-hydrogen) atoms. The van der Waals surface area contributed by atoms with E-state index in [2.05, 4.69) is 9.89 Å². The van der Waals surface area contributed by atoms with Crippen LogP contribution in [0.2, 0.25) is 0 Å². The molecule has 0 radical (unpaired) electrons. The Kier molecular flexibility index (Phi) is 4.44. The van der Waals surface area contributed by atoms with Gasteiger partial charge in [0.05, 0.1) is 12.3 Å². The number of carbonyl (C=O) groups excluding carboxylic acids is 2. The van der Waals surface area contributed by atoms with Crippen LogP contribution in [0.1, 0.15) is 19.8 Å². The molecule has 0 bridgehead atoms. The summed E-state index contributed by atoms with van der Waals surface area (Å²) in [5.74, 6) is -0.962. The quantitative estimate of drug-likeness (QED) is 0.336. The van der Waals surface area contributed by atoms with Crippen LogP contribution in [-0.2, 0) is 14.3 Å². The minimum Gasteiger partial charge on any atom is -0.466 e. The molecule has 0 aromatic carbocycles. The molecule has 0 fully saturated rings. The second-order valence-electron chi connectivity index (χ2n) is 3.16. The summed E-state index contributed by atoms with van der Waals surface area (Å²) < 4.78 is 4.66. The number of ketones is 1. The average molecular weight is 223 g/mol. The zero-order valence-electron chi connectivity index (χ0n) is 8.97. The number of rotatable bonds is 4. The first-order chi connectivity index (χ1) is 7.69. The second kappa shape index (κ2) is 5.85. The monoisotopic (exact) mass is 223 g/mol. The summed E-state index contributed by atoms with van der Waals surface area (Å²) in [6.07, 6.45) is 5.03. The summed E-state index contributed by atoms with van der Waals surface area (Å²) >= 11 is 0. The summed E-state index contributed by atoms with van der Waals surface area (Å²) in [5, 5.41) is 11.7. The smallest absolute Gasteiger partial charge is 0.313 e. The molecule has 0 saturated heterocycles. The highest BCUT2D eigenvalue weighted by atomic mass is 16.5. The molecule has 0 amide bonds. The van der Waals surface area contributed by atoms with Gasteiger partial charge in [0.1, 0.15) is 6.42 Å². The van der Waals surface area contributed by atoms with Gasteiger partial charge in [-0.15, -0.1) is 0 Å². The normalized spacial score (nSPS) is 17.1. The van der Waals surface area contributed by atoms with Crippen molar-refractivity contribution in [1.29, 1.82) is 0 Å². The van der Waals surface area contributed by atoms with Gasteiger partial charge in [-0.25, -0.2) is 0 Å². The van der Waals surface area contributed by atoms with Crippen molar-refractivity contribution < 1.29 is 19.5 Å². The fourth-order valence-electron chi connectivity index (χ4n) is 1.34. The van der Waals surface area contributed by atoms with E-state index < -0.39 is 11.8 Å². The van der Waals surface area contributed by atoms with E-state index >= 15 is 0 Å². The van der Waals surface area contributed by atoms with Crippen LogP contribution in [0.4, 0.5) is 0 Å². The molecule has 0 heterocycles. The number of hydrogen-bond donors (Lipinski definition) is 1. The molecule has 1 rings (SSSR count).